The largest absolute Gasteiger partial charge is 0.493 e. The van der Waals surface area contributed by atoms with E-state index in [0.717, 1.165) is 12.1 Å². The quantitative estimate of drug-likeness (QED) is 0.873. The number of methoxy groups -OCH3 is 2. The van der Waals surface area contributed by atoms with E-state index in [2.05, 4.69) is 0 Å². The molecule has 2 rings (SSSR count). The fraction of sp³-hybridized carbons (Fsp3) is 0.143. The number of nitrogen functional groups attached to an aromatic ring is 1. The zero-order chi connectivity index (χ0) is 14.7. The van der Waals surface area contributed by atoms with Crippen molar-refractivity contribution in [3.8, 4) is 23.0 Å². The Kier molecular flexibility index (Phi) is 3.93. The van der Waals surface area contributed by atoms with Crippen LogP contribution in [0.4, 0.5) is 14.5 Å². The topological polar surface area (TPSA) is 53.7 Å². The third kappa shape index (κ3) is 2.59. The van der Waals surface area contributed by atoms with Crippen LogP contribution in [0.5, 0.6) is 23.0 Å². The van der Waals surface area contributed by atoms with Crippen molar-refractivity contribution in [2.75, 3.05) is 20.0 Å². The summed E-state index contributed by atoms with van der Waals surface area (Å²) in [4.78, 5) is 0. The van der Waals surface area contributed by atoms with E-state index >= 15 is 0 Å². The minimum atomic E-state index is -1.05. The fourth-order valence-corrected chi connectivity index (χ4v) is 1.69. The number of para-hydroxylation sites is 1. The molecule has 0 heterocycles. The molecule has 0 aliphatic heterocycles. The molecule has 4 nitrogen and oxygen atoms in total. The zero-order valence-electron chi connectivity index (χ0n) is 10.9. The minimum absolute atomic E-state index is 0.00421. The average molecular weight is 281 g/mol. The molecule has 0 atom stereocenters. The summed E-state index contributed by atoms with van der Waals surface area (Å²) >= 11 is 0. The van der Waals surface area contributed by atoms with Gasteiger partial charge in [-0.1, -0.05) is 6.07 Å². The molecule has 2 N–H and O–H groups in total. The van der Waals surface area contributed by atoms with E-state index < -0.39 is 11.6 Å². The average Bonchev–Trinajstić information content (AvgIpc) is 2.44. The van der Waals surface area contributed by atoms with Crippen LogP contribution >= 0.6 is 0 Å². The molecule has 6 heteroatoms. The normalized spacial score (nSPS) is 10.2. The fourth-order valence-electron chi connectivity index (χ4n) is 1.69. The summed E-state index contributed by atoms with van der Waals surface area (Å²) < 4.78 is 42.0. The van der Waals surface area contributed by atoms with Crippen LogP contribution in [0.3, 0.4) is 0 Å². The van der Waals surface area contributed by atoms with Crippen LogP contribution in [-0.2, 0) is 0 Å². The van der Waals surface area contributed by atoms with Crippen molar-refractivity contribution >= 4 is 5.69 Å². The molecule has 0 fully saturated rings. The summed E-state index contributed by atoms with van der Waals surface area (Å²) in [5.41, 5.74) is 5.58. The molecule has 2 aromatic carbocycles. The van der Waals surface area contributed by atoms with Crippen molar-refractivity contribution in [2.24, 2.45) is 0 Å². The van der Waals surface area contributed by atoms with Crippen molar-refractivity contribution < 1.29 is 23.0 Å². The first-order valence-corrected chi connectivity index (χ1v) is 5.70. The number of nitrogens with two attached hydrogens (primary N) is 1. The van der Waals surface area contributed by atoms with E-state index in [1.807, 2.05) is 0 Å². The van der Waals surface area contributed by atoms with Crippen LogP contribution < -0.4 is 19.9 Å². The number of ether oxygens (including phenoxy) is 3. The summed E-state index contributed by atoms with van der Waals surface area (Å²) in [5, 5.41) is 0. The van der Waals surface area contributed by atoms with Gasteiger partial charge in [-0.15, -0.1) is 0 Å². The van der Waals surface area contributed by atoms with E-state index in [0.29, 0.717) is 11.5 Å². The van der Waals surface area contributed by atoms with Crippen molar-refractivity contribution in [2.45, 2.75) is 0 Å². The first kappa shape index (κ1) is 13.9. The molecule has 0 spiro atoms. The third-order valence-electron chi connectivity index (χ3n) is 2.64. The Bertz CT molecular complexity index is 632. The molecular formula is C14H13F2NO3. The Morgan fingerprint density at radius 2 is 1.55 bits per heavy atom. The van der Waals surface area contributed by atoms with Crippen LogP contribution in [0.2, 0.25) is 0 Å². The summed E-state index contributed by atoms with van der Waals surface area (Å²) in [7, 11) is 2.92. The van der Waals surface area contributed by atoms with Gasteiger partial charge in [0.25, 0.3) is 0 Å². The second-order valence-corrected chi connectivity index (χ2v) is 3.90. The zero-order valence-corrected chi connectivity index (χ0v) is 10.9. The predicted octanol–water partition coefficient (Wildman–Crippen LogP) is 3.36. The first-order chi connectivity index (χ1) is 9.56. The third-order valence-corrected chi connectivity index (χ3v) is 2.64. The lowest BCUT2D eigenvalue weighted by Gasteiger charge is -2.14. The van der Waals surface area contributed by atoms with E-state index in [1.54, 1.807) is 18.2 Å². The molecule has 0 aromatic heterocycles. The standard InChI is InChI=1S/C14H13F2NO3/c1-18-11-4-3-5-12(14(11)19-2)20-13-7-9(16)8(15)6-10(13)17/h3-7H,17H2,1-2H3. The Hall–Kier alpha value is -2.50. The molecule has 0 aliphatic rings. The van der Waals surface area contributed by atoms with Crippen molar-refractivity contribution in [1.29, 1.82) is 0 Å². The molecule has 0 bridgehead atoms. The van der Waals surface area contributed by atoms with Gasteiger partial charge in [-0.2, -0.15) is 0 Å². The maximum absolute atomic E-state index is 13.2. The van der Waals surface area contributed by atoms with Crippen molar-refractivity contribution in [3.63, 3.8) is 0 Å². The van der Waals surface area contributed by atoms with Gasteiger partial charge in [0.1, 0.15) is 0 Å². The molecule has 0 unspecified atom stereocenters. The van der Waals surface area contributed by atoms with Crippen molar-refractivity contribution in [1.82, 2.24) is 0 Å². The maximum atomic E-state index is 13.2. The summed E-state index contributed by atoms with van der Waals surface area (Å²) in [6.07, 6.45) is 0. The highest BCUT2D eigenvalue weighted by Crippen LogP contribution is 2.40. The van der Waals surface area contributed by atoms with Crippen LogP contribution in [-0.4, -0.2) is 14.2 Å². The van der Waals surface area contributed by atoms with E-state index in [1.165, 1.54) is 14.2 Å². The highest BCUT2D eigenvalue weighted by atomic mass is 19.2. The first-order valence-electron chi connectivity index (χ1n) is 5.70. The lowest BCUT2D eigenvalue weighted by molar-refractivity contribution is 0.336. The van der Waals surface area contributed by atoms with E-state index in [9.17, 15) is 8.78 Å². The Labute approximate surface area is 114 Å². The molecular weight excluding hydrogens is 268 g/mol. The lowest BCUT2D eigenvalue weighted by atomic mass is 10.2. The highest BCUT2D eigenvalue weighted by Gasteiger charge is 2.15. The number of hydrogen-bond acceptors (Lipinski definition) is 4. The number of rotatable bonds is 4. The maximum Gasteiger partial charge on any atom is 0.203 e. The van der Waals surface area contributed by atoms with Crippen LogP contribution in [0.1, 0.15) is 0 Å². The molecule has 20 heavy (non-hydrogen) atoms. The van der Waals surface area contributed by atoms with Gasteiger partial charge in [-0.25, -0.2) is 8.78 Å². The number of benzene rings is 2. The smallest absolute Gasteiger partial charge is 0.203 e. The second-order valence-electron chi connectivity index (χ2n) is 3.90. The van der Waals surface area contributed by atoms with Gasteiger partial charge >= 0.3 is 0 Å². The molecule has 106 valence electrons. The monoisotopic (exact) mass is 281 g/mol. The van der Waals surface area contributed by atoms with Gasteiger partial charge in [-0.3, -0.25) is 0 Å². The van der Waals surface area contributed by atoms with E-state index in [4.69, 9.17) is 19.9 Å². The van der Waals surface area contributed by atoms with Crippen molar-refractivity contribution in [3.05, 3.63) is 42.0 Å². The molecule has 0 aliphatic carbocycles. The molecule has 0 saturated carbocycles. The SMILES string of the molecule is COc1cccc(Oc2cc(F)c(F)cc2N)c1OC. The van der Waals surface area contributed by atoms with Crippen LogP contribution in [0, 0.1) is 11.6 Å². The van der Waals surface area contributed by atoms with Gasteiger partial charge < -0.3 is 19.9 Å². The Morgan fingerprint density at radius 3 is 2.20 bits per heavy atom. The molecule has 0 radical (unpaired) electrons. The molecule has 0 amide bonds. The Morgan fingerprint density at radius 1 is 0.900 bits per heavy atom. The Balaban J connectivity index is 2.42. The lowest BCUT2D eigenvalue weighted by Crippen LogP contribution is -1.98. The summed E-state index contributed by atoms with van der Waals surface area (Å²) in [6.45, 7) is 0. The van der Waals surface area contributed by atoms with Crippen LogP contribution in [0.15, 0.2) is 30.3 Å². The number of hydrogen-bond donors (Lipinski definition) is 1. The second kappa shape index (κ2) is 5.64. The van der Waals surface area contributed by atoms with Gasteiger partial charge in [0.15, 0.2) is 28.9 Å². The predicted molar refractivity (Wildman–Crippen MR) is 70.4 cm³/mol. The summed E-state index contributed by atoms with van der Waals surface area (Å²) in [6, 6.07) is 6.69. The highest BCUT2D eigenvalue weighted by molar-refractivity contribution is 5.58. The molecule has 2 aromatic rings. The number of anilines is 1. The number of halogens is 2. The van der Waals surface area contributed by atoms with Crippen LogP contribution in [0.25, 0.3) is 0 Å². The van der Waals surface area contributed by atoms with Gasteiger partial charge in [0.05, 0.1) is 19.9 Å². The van der Waals surface area contributed by atoms with Gasteiger partial charge in [0, 0.05) is 12.1 Å². The van der Waals surface area contributed by atoms with Gasteiger partial charge in [0.2, 0.25) is 5.75 Å². The minimum Gasteiger partial charge on any atom is -0.493 e. The van der Waals surface area contributed by atoms with Gasteiger partial charge in [-0.05, 0) is 12.1 Å². The molecule has 0 saturated heterocycles. The van der Waals surface area contributed by atoms with E-state index in [-0.39, 0.29) is 17.2 Å². The summed E-state index contributed by atoms with van der Waals surface area (Å²) in [5.74, 6) is -1.02.